The first-order chi connectivity index (χ1) is 11.8. The molecule has 0 radical (unpaired) electrons. The molecule has 5 nitrogen and oxygen atoms in total. The molecule has 0 spiro atoms. The number of rotatable bonds is 6. The minimum Gasteiger partial charge on any atom is -0.361 e. The first-order valence-electron chi connectivity index (χ1n) is 8.40. The molecule has 1 heterocycles. The molecule has 8 heteroatoms. The van der Waals surface area contributed by atoms with Gasteiger partial charge in [-0.15, -0.1) is 24.0 Å². The molecule has 146 valence electrons. The SMILES string of the molecule is CN=C(NCCc1c[nH]c2ccc(F)cc12)NCCS(=O)C(C)(C)C.I. The Bertz CT molecular complexity index is 770. The molecule has 1 unspecified atom stereocenters. The standard InChI is InChI=1S/C18H27FN4OS.HI/c1-18(2,3)25(24)10-9-22-17(20-4)21-8-7-13-12-23-16-6-5-14(19)11-15(13)16;/h5-6,11-12,23H,7-10H2,1-4H3,(H2,20,21,22);1H. The van der Waals surface area contributed by atoms with Crippen LogP contribution in [0.4, 0.5) is 4.39 Å². The van der Waals surface area contributed by atoms with Gasteiger partial charge in [0.15, 0.2) is 5.96 Å². The molecule has 2 rings (SSSR count). The molecule has 0 saturated carbocycles. The van der Waals surface area contributed by atoms with Gasteiger partial charge in [-0.2, -0.15) is 0 Å². The van der Waals surface area contributed by atoms with Crippen molar-refractivity contribution in [2.24, 2.45) is 4.99 Å². The molecule has 0 bridgehead atoms. The smallest absolute Gasteiger partial charge is 0.191 e. The quantitative estimate of drug-likeness (QED) is 0.328. The van der Waals surface area contributed by atoms with Crippen molar-refractivity contribution in [1.82, 2.24) is 15.6 Å². The summed E-state index contributed by atoms with van der Waals surface area (Å²) in [6, 6.07) is 4.75. The van der Waals surface area contributed by atoms with Crippen molar-refractivity contribution in [1.29, 1.82) is 0 Å². The van der Waals surface area contributed by atoms with Crippen molar-refractivity contribution >= 4 is 51.6 Å². The molecule has 0 aliphatic heterocycles. The van der Waals surface area contributed by atoms with Gasteiger partial charge in [-0.1, -0.05) is 0 Å². The summed E-state index contributed by atoms with van der Waals surface area (Å²) in [7, 11) is 0.817. The third-order valence-electron chi connectivity index (χ3n) is 3.90. The summed E-state index contributed by atoms with van der Waals surface area (Å²) >= 11 is 0. The van der Waals surface area contributed by atoms with E-state index in [-0.39, 0.29) is 34.5 Å². The van der Waals surface area contributed by atoms with E-state index in [1.165, 1.54) is 6.07 Å². The average molecular weight is 494 g/mol. The van der Waals surface area contributed by atoms with Crippen LogP contribution in [-0.4, -0.2) is 45.8 Å². The summed E-state index contributed by atoms with van der Waals surface area (Å²) < 4.78 is 25.2. The van der Waals surface area contributed by atoms with Crippen LogP contribution >= 0.6 is 24.0 Å². The number of guanidine groups is 1. The zero-order chi connectivity index (χ0) is 18.4. The van der Waals surface area contributed by atoms with Crippen molar-refractivity contribution in [3.63, 3.8) is 0 Å². The highest BCUT2D eigenvalue weighted by Crippen LogP contribution is 2.19. The molecular weight excluding hydrogens is 466 g/mol. The molecule has 0 fully saturated rings. The highest BCUT2D eigenvalue weighted by atomic mass is 127. The average Bonchev–Trinajstić information content (AvgIpc) is 2.94. The maximum Gasteiger partial charge on any atom is 0.191 e. The minimum absolute atomic E-state index is 0. The van der Waals surface area contributed by atoms with Crippen LogP contribution in [0.1, 0.15) is 26.3 Å². The summed E-state index contributed by atoms with van der Waals surface area (Å²) in [4.78, 5) is 7.32. The molecule has 0 saturated heterocycles. The second kappa shape index (κ2) is 10.2. The van der Waals surface area contributed by atoms with Crippen LogP contribution in [0.5, 0.6) is 0 Å². The van der Waals surface area contributed by atoms with E-state index >= 15 is 0 Å². The maximum absolute atomic E-state index is 13.4. The number of benzene rings is 1. The number of fused-ring (bicyclic) bond motifs is 1. The number of halogens is 2. The zero-order valence-electron chi connectivity index (χ0n) is 15.7. The van der Waals surface area contributed by atoms with Gasteiger partial charge in [0.25, 0.3) is 0 Å². The van der Waals surface area contributed by atoms with Crippen LogP contribution in [0.3, 0.4) is 0 Å². The van der Waals surface area contributed by atoms with Crippen LogP contribution in [0.2, 0.25) is 0 Å². The van der Waals surface area contributed by atoms with E-state index in [4.69, 9.17) is 0 Å². The van der Waals surface area contributed by atoms with E-state index in [0.29, 0.717) is 24.8 Å². The predicted octanol–water partition coefficient (Wildman–Crippen LogP) is 3.18. The fraction of sp³-hybridized carbons (Fsp3) is 0.500. The normalized spacial score (nSPS) is 13.3. The Hall–Kier alpha value is -1.16. The van der Waals surface area contributed by atoms with Crippen molar-refractivity contribution in [2.45, 2.75) is 31.9 Å². The molecule has 26 heavy (non-hydrogen) atoms. The Morgan fingerprint density at radius 1 is 1.27 bits per heavy atom. The molecular formula is C18H28FIN4OS. The monoisotopic (exact) mass is 494 g/mol. The van der Waals surface area contributed by atoms with Crippen LogP contribution in [0, 0.1) is 5.82 Å². The molecule has 0 aliphatic carbocycles. The summed E-state index contributed by atoms with van der Waals surface area (Å²) in [6.45, 7) is 7.19. The topological polar surface area (TPSA) is 69.3 Å². The lowest BCUT2D eigenvalue weighted by molar-refractivity contribution is 0.629. The van der Waals surface area contributed by atoms with E-state index in [1.54, 1.807) is 19.2 Å². The van der Waals surface area contributed by atoms with E-state index in [0.717, 1.165) is 22.9 Å². The van der Waals surface area contributed by atoms with E-state index in [9.17, 15) is 8.60 Å². The number of H-pyrrole nitrogens is 1. The zero-order valence-corrected chi connectivity index (χ0v) is 18.8. The lowest BCUT2D eigenvalue weighted by atomic mass is 10.1. The first kappa shape index (κ1) is 22.9. The lowest BCUT2D eigenvalue weighted by Gasteiger charge is -2.18. The maximum atomic E-state index is 13.4. The van der Waals surface area contributed by atoms with Crippen molar-refractivity contribution in [3.05, 3.63) is 35.8 Å². The Labute approximate surface area is 174 Å². The number of nitrogens with zero attached hydrogens (tertiary/aromatic N) is 1. The van der Waals surface area contributed by atoms with E-state index in [2.05, 4.69) is 20.6 Å². The van der Waals surface area contributed by atoms with Gasteiger partial charge in [-0.25, -0.2) is 4.39 Å². The molecule has 0 aliphatic rings. The largest absolute Gasteiger partial charge is 0.361 e. The third-order valence-corrected chi connectivity index (χ3v) is 5.84. The Morgan fingerprint density at radius 2 is 1.96 bits per heavy atom. The summed E-state index contributed by atoms with van der Waals surface area (Å²) in [6.07, 6.45) is 2.66. The number of aliphatic imine (C=N–C) groups is 1. The van der Waals surface area contributed by atoms with Gasteiger partial charge in [-0.05, 0) is 51.0 Å². The van der Waals surface area contributed by atoms with Gasteiger partial charge >= 0.3 is 0 Å². The van der Waals surface area contributed by atoms with E-state index in [1.807, 2.05) is 27.0 Å². The van der Waals surface area contributed by atoms with Gasteiger partial charge in [0.1, 0.15) is 5.82 Å². The Morgan fingerprint density at radius 3 is 2.62 bits per heavy atom. The second-order valence-corrected chi connectivity index (χ2v) is 9.17. The fourth-order valence-electron chi connectivity index (χ4n) is 2.46. The fourth-order valence-corrected chi connectivity index (χ4v) is 3.36. The van der Waals surface area contributed by atoms with Gasteiger partial charge in [0, 0.05) is 58.5 Å². The molecule has 1 aromatic heterocycles. The molecule has 3 N–H and O–H groups in total. The molecule has 1 aromatic carbocycles. The number of aromatic nitrogens is 1. The third kappa shape index (κ3) is 6.53. The highest BCUT2D eigenvalue weighted by molar-refractivity contribution is 14.0. The predicted molar refractivity (Wildman–Crippen MR) is 120 cm³/mol. The van der Waals surface area contributed by atoms with Gasteiger partial charge in [-0.3, -0.25) is 9.20 Å². The highest BCUT2D eigenvalue weighted by Gasteiger charge is 2.18. The van der Waals surface area contributed by atoms with Crippen molar-refractivity contribution in [2.75, 3.05) is 25.9 Å². The van der Waals surface area contributed by atoms with E-state index < -0.39 is 10.8 Å². The van der Waals surface area contributed by atoms with Gasteiger partial charge in [0.2, 0.25) is 0 Å². The second-order valence-electron chi connectivity index (χ2n) is 6.84. The van der Waals surface area contributed by atoms with Crippen molar-refractivity contribution < 1.29 is 8.60 Å². The Kier molecular flexibility index (Phi) is 9.02. The number of hydrogen-bond acceptors (Lipinski definition) is 2. The molecule has 0 amide bonds. The summed E-state index contributed by atoms with van der Waals surface area (Å²) in [5, 5.41) is 7.32. The minimum atomic E-state index is -0.889. The van der Waals surface area contributed by atoms with Crippen LogP contribution in [0.15, 0.2) is 29.4 Å². The molecule has 1 atom stereocenters. The summed E-state index contributed by atoms with van der Waals surface area (Å²) in [5.41, 5.74) is 2.00. The Balaban J connectivity index is 0.00000338. The van der Waals surface area contributed by atoms with Crippen molar-refractivity contribution in [3.8, 4) is 0 Å². The summed E-state index contributed by atoms with van der Waals surface area (Å²) in [5.74, 6) is 1.02. The number of aromatic amines is 1. The number of nitrogens with one attached hydrogen (secondary N) is 3. The van der Waals surface area contributed by atoms with Crippen LogP contribution in [-0.2, 0) is 17.2 Å². The van der Waals surface area contributed by atoms with Crippen LogP contribution < -0.4 is 10.6 Å². The molecule has 2 aromatic rings. The number of hydrogen-bond donors (Lipinski definition) is 3. The lowest BCUT2D eigenvalue weighted by Crippen LogP contribution is -2.41. The van der Waals surface area contributed by atoms with Gasteiger partial charge < -0.3 is 15.6 Å². The first-order valence-corrected chi connectivity index (χ1v) is 9.71. The van der Waals surface area contributed by atoms with Crippen LogP contribution in [0.25, 0.3) is 10.9 Å². The van der Waals surface area contributed by atoms with Gasteiger partial charge in [0.05, 0.1) is 0 Å².